The number of Topliss-reactive ketones (excluding diaryl/α,β-unsaturated/α-hetero) is 1. The number of allylic oxidation sites excluding steroid dienone is 1. The Kier molecular flexibility index (Phi) is 6.00. The molecule has 8 nitrogen and oxygen atoms in total. The van der Waals surface area contributed by atoms with Crippen LogP contribution in [0.4, 0.5) is 0 Å². The van der Waals surface area contributed by atoms with Gasteiger partial charge in [0.1, 0.15) is 0 Å². The van der Waals surface area contributed by atoms with Gasteiger partial charge in [0.15, 0.2) is 23.9 Å². The van der Waals surface area contributed by atoms with Crippen molar-refractivity contribution in [3.05, 3.63) is 70.4 Å². The molecule has 0 bridgehead atoms. The summed E-state index contributed by atoms with van der Waals surface area (Å²) in [6.07, 6.45) is 0. The normalized spacial score (nSPS) is 18.8. The summed E-state index contributed by atoms with van der Waals surface area (Å²) in [5, 5.41) is 0. The fourth-order valence-electron chi connectivity index (χ4n) is 4.39. The molecule has 33 heavy (non-hydrogen) atoms. The maximum absolute atomic E-state index is 13.4. The second-order valence-corrected chi connectivity index (χ2v) is 7.63. The molecule has 1 aliphatic heterocycles. The van der Waals surface area contributed by atoms with E-state index in [2.05, 4.69) is 9.73 Å². The van der Waals surface area contributed by atoms with Gasteiger partial charge in [-0.2, -0.15) is 0 Å². The third kappa shape index (κ3) is 3.77. The molecule has 2 aliphatic rings. The van der Waals surface area contributed by atoms with Crippen LogP contribution in [0.15, 0.2) is 58.7 Å². The van der Waals surface area contributed by atoms with Crippen LogP contribution in [0.1, 0.15) is 34.3 Å². The van der Waals surface area contributed by atoms with Gasteiger partial charge in [0.25, 0.3) is 0 Å². The zero-order valence-corrected chi connectivity index (χ0v) is 18.7. The van der Waals surface area contributed by atoms with Crippen LogP contribution in [0.3, 0.4) is 0 Å². The van der Waals surface area contributed by atoms with Crippen molar-refractivity contribution in [2.45, 2.75) is 12.8 Å². The minimum absolute atomic E-state index is 0.103. The Morgan fingerprint density at radius 2 is 1.67 bits per heavy atom. The molecule has 1 heterocycles. The lowest BCUT2D eigenvalue weighted by Gasteiger charge is -2.30. The lowest BCUT2D eigenvalue weighted by atomic mass is 9.75. The fraction of sp³-hybridized carbons (Fsp3) is 0.280. The van der Waals surface area contributed by atoms with Crippen molar-refractivity contribution < 1.29 is 33.3 Å². The van der Waals surface area contributed by atoms with Crippen LogP contribution in [0, 0.1) is 5.92 Å². The number of hydrogen-bond acceptors (Lipinski definition) is 8. The zero-order valence-electron chi connectivity index (χ0n) is 18.7. The number of aliphatic imine (C=N–C) groups is 1. The van der Waals surface area contributed by atoms with E-state index in [1.54, 1.807) is 31.2 Å². The van der Waals surface area contributed by atoms with Gasteiger partial charge in [0, 0.05) is 22.7 Å². The number of ketones is 1. The highest BCUT2D eigenvalue weighted by atomic mass is 16.6. The van der Waals surface area contributed by atoms with Crippen molar-refractivity contribution in [2.24, 2.45) is 10.9 Å². The minimum Gasteiger partial charge on any atom is -0.493 e. The molecule has 0 N–H and O–H groups in total. The van der Waals surface area contributed by atoms with Crippen molar-refractivity contribution in [2.75, 3.05) is 27.9 Å². The van der Waals surface area contributed by atoms with Crippen LogP contribution >= 0.6 is 0 Å². The van der Waals surface area contributed by atoms with E-state index in [-0.39, 0.29) is 12.4 Å². The third-order valence-electron chi connectivity index (χ3n) is 5.89. The maximum atomic E-state index is 13.4. The molecule has 0 aromatic heterocycles. The Morgan fingerprint density at radius 1 is 0.939 bits per heavy atom. The highest BCUT2D eigenvalue weighted by molar-refractivity contribution is 6.30. The smallest absolute Gasteiger partial charge is 0.343 e. The molecular formula is C25H23NO7. The van der Waals surface area contributed by atoms with E-state index in [4.69, 9.17) is 14.2 Å². The minimum atomic E-state index is -0.674. The highest BCUT2D eigenvalue weighted by Crippen LogP contribution is 2.47. The molecule has 8 heteroatoms. The van der Waals surface area contributed by atoms with Crippen molar-refractivity contribution in [3.8, 4) is 11.5 Å². The lowest BCUT2D eigenvalue weighted by molar-refractivity contribution is -0.143. The predicted molar refractivity (Wildman–Crippen MR) is 119 cm³/mol. The number of nitrogens with zero attached hydrogens (tertiary/aromatic N) is 1. The highest BCUT2D eigenvalue weighted by Gasteiger charge is 2.48. The summed E-state index contributed by atoms with van der Waals surface area (Å²) in [4.78, 5) is 42.3. The van der Waals surface area contributed by atoms with Gasteiger partial charge in [-0.15, -0.1) is 0 Å². The Labute approximate surface area is 190 Å². The van der Waals surface area contributed by atoms with Crippen LogP contribution in [0.2, 0.25) is 0 Å². The van der Waals surface area contributed by atoms with Crippen molar-refractivity contribution in [1.82, 2.24) is 0 Å². The average molecular weight is 449 g/mol. The molecule has 0 saturated carbocycles. The van der Waals surface area contributed by atoms with Crippen LogP contribution in [0.5, 0.6) is 11.5 Å². The van der Waals surface area contributed by atoms with Gasteiger partial charge in [-0.1, -0.05) is 30.3 Å². The maximum Gasteiger partial charge on any atom is 0.343 e. The van der Waals surface area contributed by atoms with Gasteiger partial charge in [-0.05, 0) is 24.6 Å². The number of fused-ring (bicyclic) bond motifs is 3. The molecule has 170 valence electrons. The molecule has 0 saturated heterocycles. The van der Waals surface area contributed by atoms with E-state index >= 15 is 0 Å². The van der Waals surface area contributed by atoms with Crippen molar-refractivity contribution in [3.63, 3.8) is 0 Å². The second kappa shape index (κ2) is 8.90. The van der Waals surface area contributed by atoms with Crippen molar-refractivity contribution >= 4 is 23.4 Å². The number of benzene rings is 2. The summed E-state index contributed by atoms with van der Waals surface area (Å²) in [5.74, 6) is -1.81. The Bertz CT molecular complexity index is 1210. The molecule has 1 aliphatic carbocycles. The van der Waals surface area contributed by atoms with E-state index in [1.807, 2.05) is 18.2 Å². The summed E-state index contributed by atoms with van der Waals surface area (Å²) >= 11 is 0. The molecule has 0 spiro atoms. The SMILES string of the molecule is COC(=O)COc1ccc([C@H]2C(C(=O)OC)=C(C)N=C3c4ccccc4C(=O)[C@@H]32)cc1OC. The van der Waals surface area contributed by atoms with Crippen LogP contribution in [-0.2, 0) is 19.1 Å². The fourth-order valence-corrected chi connectivity index (χ4v) is 4.39. The van der Waals surface area contributed by atoms with Crippen LogP contribution in [0.25, 0.3) is 0 Å². The summed E-state index contributed by atoms with van der Waals surface area (Å²) in [5.41, 5.74) is 3.46. The first-order valence-corrected chi connectivity index (χ1v) is 10.3. The van der Waals surface area contributed by atoms with E-state index in [0.29, 0.717) is 39.6 Å². The Balaban J connectivity index is 1.83. The Hall–Kier alpha value is -3.94. The van der Waals surface area contributed by atoms with Gasteiger partial charge in [0.05, 0.1) is 38.5 Å². The first-order chi connectivity index (χ1) is 15.9. The van der Waals surface area contributed by atoms with Gasteiger partial charge in [-0.3, -0.25) is 9.79 Å². The molecule has 0 amide bonds. The first-order valence-electron chi connectivity index (χ1n) is 10.3. The van der Waals surface area contributed by atoms with Crippen LogP contribution < -0.4 is 9.47 Å². The number of methoxy groups -OCH3 is 3. The topological polar surface area (TPSA) is 100 Å². The molecule has 2 aromatic carbocycles. The van der Waals surface area contributed by atoms with Gasteiger partial charge in [-0.25, -0.2) is 9.59 Å². The number of carbonyl (C=O) groups excluding carboxylic acids is 3. The second-order valence-electron chi connectivity index (χ2n) is 7.63. The molecule has 0 fully saturated rings. The Morgan fingerprint density at radius 3 is 2.33 bits per heavy atom. The van der Waals surface area contributed by atoms with Crippen LogP contribution in [-0.4, -0.2) is 51.4 Å². The monoisotopic (exact) mass is 449 g/mol. The third-order valence-corrected chi connectivity index (χ3v) is 5.89. The molecule has 2 aromatic rings. The molecule has 4 rings (SSSR count). The lowest BCUT2D eigenvalue weighted by Crippen LogP contribution is -2.32. The number of rotatable bonds is 6. The van der Waals surface area contributed by atoms with Gasteiger partial charge >= 0.3 is 11.9 Å². The van der Waals surface area contributed by atoms with E-state index in [9.17, 15) is 14.4 Å². The summed E-state index contributed by atoms with van der Waals surface area (Å²) in [6.45, 7) is 1.45. The molecule has 2 atom stereocenters. The molecule has 0 radical (unpaired) electrons. The van der Waals surface area contributed by atoms with Gasteiger partial charge < -0.3 is 18.9 Å². The quantitative estimate of drug-likeness (QED) is 0.625. The number of ether oxygens (including phenoxy) is 4. The number of hydrogen-bond donors (Lipinski definition) is 0. The predicted octanol–water partition coefficient (Wildman–Crippen LogP) is 3.09. The molecular weight excluding hydrogens is 426 g/mol. The molecule has 0 unspecified atom stereocenters. The summed E-state index contributed by atoms with van der Waals surface area (Å²) in [6, 6.07) is 12.4. The van der Waals surface area contributed by atoms with E-state index in [1.165, 1.54) is 21.3 Å². The van der Waals surface area contributed by atoms with E-state index < -0.39 is 23.8 Å². The zero-order chi connectivity index (χ0) is 23.7. The number of carbonyl (C=O) groups is 3. The van der Waals surface area contributed by atoms with Crippen molar-refractivity contribution in [1.29, 1.82) is 0 Å². The first kappa shape index (κ1) is 22.3. The summed E-state index contributed by atoms with van der Waals surface area (Å²) < 4.78 is 20.6. The van der Waals surface area contributed by atoms with Gasteiger partial charge in [0.2, 0.25) is 0 Å². The largest absolute Gasteiger partial charge is 0.493 e. The van der Waals surface area contributed by atoms with E-state index in [0.717, 1.165) is 5.56 Å². The average Bonchev–Trinajstić information content (AvgIpc) is 3.12. The number of esters is 2. The summed E-state index contributed by atoms with van der Waals surface area (Å²) in [7, 11) is 4.04. The standard InChI is InChI=1S/C25H23NO7/c1-13-20(25(29)32-4)21(22-23(26-13)15-7-5-6-8-16(15)24(22)28)14-9-10-17(18(11-14)30-2)33-12-19(27)31-3/h5-11,21-22H,12H2,1-4H3/t21-,22+/m0/s1.